The lowest BCUT2D eigenvalue weighted by Crippen LogP contribution is -2.38. The van der Waals surface area contributed by atoms with E-state index in [1.807, 2.05) is 6.07 Å². The monoisotopic (exact) mass is 327 g/mol. The summed E-state index contributed by atoms with van der Waals surface area (Å²) in [4.78, 5) is 0. The molecule has 1 atom stereocenters. The summed E-state index contributed by atoms with van der Waals surface area (Å²) in [6, 6.07) is 5.87. The molecule has 2 aliphatic rings. The van der Waals surface area contributed by atoms with Crippen LogP contribution in [0.4, 0.5) is 4.39 Å². The Balaban J connectivity index is 1.74. The van der Waals surface area contributed by atoms with Gasteiger partial charge in [-0.05, 0) is 49.4 Å². The Kier molecular flexibility index (Phi) is 3.92. The van der Waals surface area contributed by atoms with Gasteiger partial charge < -0.3 is 10.1 Å². The quantitative estimate of drug-likeness (QED) is 0.896. The van der Waals surface area contributed by atoms with Crippen LogP contribution in [0.5, 0.6) is 0 Å². The van der Waals surface area contributed by atoms with Crippen molar-refractivity contribution in [1.29, 1.82) is 0 Å². The molecule has 1 aliphatic heterocycles. The summed E-state index contributed by atoms with van der Waals surface area (Å²) < 4.78 is 20.4. The fraction of sp³-hybridized carbons (Fsp3) is 0.600. The molecule has 19 heavy (non-hydrogen) atoms. The molecule has 1 saturated carbocycles. The highest BCUT2D eigenvalue weighted by atomic mass is 79.9. The number of ether oxygens (including phenoxy) is 1. The predicted molar refractivity (Wildman–Crippen MR) is 76.7 cm³/mol. The van der Waals surface area contributed by atoms with Crippen LogP contribution < -0.4 is 5.32 Å². The molecule has 1 aromatic rings. The molecule has 4 heteroatoms. The maximum atomic E-state index is 13.9. The van der Waals surface area contributed by atoms with Crippen molar-refractivity contribution in [2.45, 2.75) is 31.7 Å². The van der Waals surface area contributed by atoms with E-state index in [2.05, 4.69) is 21.2 Å². The molecule has 104 valence electrons. The molecule has 0 bridgehead atoms. The first-order valence-corrected chi connectivity index (χ1v) is 7.71. The Morgan fingerprint density at radius 1 is 1.42 bits per heavy atom. The molecule has 1 aliphatic carbocycles. The van der Waals surface area contributed by atoms with Crippen LogP contribution in [-0.2, 0) is 11.2 Å². The van der Waals surface area contributed by atoms with E-state index in [-0.39, 0.29) is 11.2 Å². The van der Waals surface area contributed by atoms with Crippen molar-refractivity contribution in [3.63, 3.8) is 0 Å². The fourth-order valence-electron chi connectivity index (χ4n) is 2.72. The zero-order valence-electron chi connectivity index (χ0n) is 10.9. The summed E-state index contributed by atoms with van der Waals surface area (Å²) >= 11 is 3.42. The predicted octanol–water partition coefficient (Wildman–Crippen LogP) is 3.29. The highest BCUT2D eigenvalue weighted by Gasteiger charge is 2.37. The molecule has 1 N–H and O–H groups in total. The van der Waals surface area contributed by atoms with Gasteiger partial charge in [0.15, 0.2) is 0 Å². The summed E-state index contributed by atoms with van der Waals surface area (Å²) in [5, 5.41) is 3.58. The van der Waals surface area contributed by atoms with Crippen LogP contribution in [0.2, 0.25) is 0 Å². The van der Waals surface area contributed by atoms with Gasteiger partial charge in [-0.3, -0.25) is 0 Å². The van der Waals surface area contributed by atoms with Crippen LogP contribution in [0.3, 0.4) is 0 Å². The van der Waals surface area contributed by atoms with Crippen LogP contribution in [0.25, 0.3) is 0 Å². The van der Waals surface area contributed by atoms with Crippen molar-refractivity contribution in [3.05, 3.63) is 34.1 Å². The first-order chi connectivity index (χ1) is 9.17. The second kappa shape index (κ2) is 5.51. The Hall–Kier alpha value is -0.450. The van der Waals surface area contributed by atoms with E-state index in [1.54, 1.807) is 6.07 Å². The van der Waals surface area contributed by atoms with Crippen LogP contribution in [0.1, 0.15) is 24.8 Å². The Bertz CT molecular complexity index is 455. The summed E-state index contributed by atoms with van der Waals surface area (Å²) in [7, 11) is 0. The largest absolute Gasteiger partial charge is 0.381 e. The van der Waals surface area contributed by atoms with Gasteiger partial charge in [-0.25, -0.2) is 4.39 Å². The first kappa shape index (κ1) is 13.5. The first-order valence-electron chi connectivity index (χ1n) is 6.92. The molecule has 1 aromatic carbocycles. The summed E-state index contributed by atoms with van der Waals surface area (Å²) in [5.74, 6) is -0.110. The lowest BCUT2D eigenvalue weighted by molar-refractivity contribution is 0.148. The van der Waals surface area contributed by atoms with Gasteiger partial charge in [0.1, 0.15) is 5.82 Å². The van der Waals surface area contributed by atoms with Crippen molar-refractivity contribution >= 4 is 15.9 Å². The summed E-state index contributed by atoms with van der Waals surface area (Å²) in [5.41, 5.74) is 0.849. The zero-order valence-corrected chi connectivity index (χ0v) is 12.5. The van der Waals surface area contributed by atoms with Crippen molar-refractivity contribution in [2.75, 3.05) is 19.8 Å². The SMILES string of the molecule is Fc1ccc(Br)cc1CC1(CNC2CC2)CCOC1. The maximum Gasteiger partial charge on any atom is 0.126 e. The molecule has 0 spiro atoms. The van der Waals surface area contributed by atoms with E-state index < -0.39 is 0 Å². The van der Waals surface area contributed by atoms with Crippen molar-refractivity contribution in [2.24, 2.45) is 5.41 Å². The van der Waals surface area contributed by atoms with Gasteiger partial charge in [0, 0.05) is 29.1 Å². The van der Waals surface area contributed by atoms with E-state index >= 15 is 0 Å². The molecular weight excluding hydrogens is 309 g/mol. The molecular formula is C15H19BrFNO. The molecule has 0 radical (unpaired) electrons. The third-order valence-corrected chi connectivity index (χ3v) is 4.59. The van der Waals surface area contributed by atoms with Gasteiger partial charge in [-0.15, -0.1) is 0 Å². The van der Waals surface area contributed by atoms with Crippen LogP contribution in [0, 0.1) is 11.2 Å². The highest BCUT2D eigenvalue weighted by Crippen LogP contribution is 2.34. The number of hydrogen-bond acceptors (Lipinski definition) is 2. The summed E-state index contributed by atoms with van der Waals surface area (Å²) in [6.07, 6.45) is 4.32. The van der Waals surface area contributed by atoms with E-state index in [0.717, 1.165) is 42.6 Å². The minimum atomic E-state index is -0.110. The molecule has 2 fully saturated rings. The van der Waals surface area contributed by atoms with E-state index in [0.29, 0.717) is 6.04 Å². The number of hydrogen-bond donors (Lipinski definition) is 1. The standard InChI is InChI=1S/C15H19BrFNO/c16-12-1-4-14(17)11(7-12)8-15(5-6-19-10-15)9-18-13-2-3-13/h1,4,7,13,18H,2-3,5-6,8-10H2. The Labute approximate surface area is 121 Å². The maximum absolute atomic E-state index is 13.9. The minimum Gasteiger partial charge on any atom is -0.381 e. The number of halogens is 2. The Morgan fingerprint density at radius 2 is 2.26 bits per heavy atom. The zero-order chi connectivity index (χ0) is 13.3. The van der Waals surface area contributed by atoms with Gasteiger partial charge in [0.05, 0.1) is 6.61 Å². The molecule has 0 amide bonds. The van der Waals surface area contributed by atoms with E-state index in [1.165, 1.54) is 18.9 Å². The molecule has 1 heterocycles. The second-order valence-electron chi connectivity index (χ2n) is 5.87. The average molecular weight is 328 g/mol. The van der Waals surface area contributed by atoms with E-state index in [4.69, 9.17) is 4.74 Å². The normalized spacial score (nSPS) is 26.8. The third-order valence-electron chi connectivity index (χ3n) is 4.10. The number of rotatable bonds is 5. The minimum absolute atomic E-state index is 0.0597. The van der Waals surface area contributed by atoms with Crippen LogP contribution in [-0.4, -0.2) is 25.8 Å². The molecule has 1 unspecified atom stereocenters. The molecule has 0 aromatic heterocycles. The molecule has 1 saturated heterocycles. The third kappa shape index (κ3) is 3.36. The Morgan fingerprint density at radius 3 is 2.95 bits per heavy atom. The molecule has 2 nitrogen and oxygen atoms in total. The lowest BCUT2D eigenvalue weighted by Gasteiger charge is -2.28. The van der Waals surface area contributed by atoms with Gasteiger partial charge in [0.2, 0.25) is 0 Å². The van der Waals surface area contributed by atoms with E-state index in [9.17, 15) is 4.39 Å². The van der Waals surface area contributed by atoms with Crippen LogP contribution in [0.15, 0.2) is 22.7 Å². The van der Waals surface area contributed by atoms with Crippen molar-refractivity contribution in [1.82, 2.24) is 5.32 Å². The van der Waals surface area contributed by atoms with Gasteiger partial charge >= 0.3 is 0 Å². The van der Waals surface area contributed by atoms with Gasteiger partial charge in [-0.2, -0.15) is 0 Å². The highest BCUT2D eigenvalue weighted by molar-refractivity contribution is 9.10. The number of nitrogens with one attached hydrogen (secondary N) is 1. The second-order valence-corrected chi connectivity index (χ2v) is 6.79. The molecule has 3 rings (SSSR count). The fourth-order valence-corrected chi connectivity index (χ4v) is 3.13. The average Bonchev–Trinajstić information content (AvgIpc) is 3.12. The van der Waals surface area contributed by atoms with Gasteiger partial charge in [0.25, 0.3) is 0 Å². The summed E-state index contributed by atoms with van der Waals surface area (Å²) in [6.45, 7) is 2.46. The van der Waals surface area contributed by atoms with Crippen molar-refractivity contribution in [3.8, 4) is 0 Å². The number of benzene rings is 1. The van der Waals surface area contributed by atoms with Crippen molar-refractivity contribution < 1.29 is 9.13 Å². The van der Waals surface area contributed by atoms with Crippen LogP contribution >= 0.6 is 15.9 Å². The van der Waals surface area contributed by atoms with Gasteiger partial charge in [-0.1, -0.05) is 15.9 Å². The lowest BCUT2D eigenvalue weighted by atomic mass is 9.80. The smallest absolute Gasteiger partial charge is 0.126 e. The topological polar surface area (TPSA) is 21.3 Å².